The van der Waals surface area contributed by atoms with Crippen molar-refractivity contribution in [2.45, 2.75) is 82.0 Å². The number of ether oxygens (including phenoxy) is 1. The van der Waals surface area contributed by atoms with Crippen LogP contribution in [-0.4, -0.2) is 34.2 Å². The van der Waals surface area contributed by atoms with Gasteiger partial charge in [0.25, 0.3) is 11.5 Å². The van der Waals surface area contributed by atoms with E-state index in [0.29, 0.717) is 28.2 Å². The van der Waals surface area contributed by atoms with Gasteiger partial charge in [-0.2, -0.15) is 0 Å². The number of carbonyl (C=O) groups excluding carboxylic acids is 1. The summed E-state index contributed by atoms with van der Waals surface area (Å²) < 4.78 is 7.61. The number of hydrogen-bond donors (Lipinski definition) is 1. The van der Waals surface area contributed by atoms with E-state index in [2.05, 4.69) is 37.4 Å². The highest BCUT2D eigenvalue weighted by atomic mass is 32.2. The van der Waals surface area contributed by atoms with Gasteiger partial charge in [-0.05, 0) is 68.9 Å². The van der Waals surface area contributed by atoms with Crippen LogP contribution in [0.2, 0.25) is 0 Å². The summed E-state index contributed by atoms with van der Waals surface area (Å²) in [5.74, 6) is 0.632. The SMILES string of the molecule is Cc1ccc(C)c(CSc2nc3cc(C(=O)NC4CCCC4)ccc3c(=O)n2CC2CCCO2)c1. The van der Waals surface area contributed by atoms with Crippen molar-refractivity contribution < 1.29 is 9.53 Å². The van der Waals surface area contributed by atoms with Gasteiger partial charge in [-0.1, -0.05) is 48.4 Å². The van der Waals surface area contributed by atoms with E-state index in [1.54, 1.807) is 34.5 Å². The third-order valence-electron chi connectivity index (χ3n) is 7.14. The zero-order chi connectivity index (χ0) is 24.4. The predicted molar refractivity (Wildman–Crippen MR) is 140 cm³/mol. The minimum absolute atomic E-state index is 0.0310. The Kier molecular flexibility index (Phi) is 7.25. The third kappa shape index (κ3) is 5.46. The molecule has 0 radical (unpaired) electrons. The van der Waals surface area contributed by atoms with Gasteiger partial charge < -0.3 is 10.1 Å². The molecule has 1 N–H and O–H groups in total. The standard InChI is InChI=1S/C28H33N3O3S/c1-18-9-10-19(2)21(14-18)17-35-28-30-25-15-20(26(32)29-22-6-3-4-7-22)11-12-24(25)27(33)31(28)16-23-8-5-13-34-23/h9-12,14-15,22-23H,3-8,13,16-17H2,1-2H3,(H,29,32). The third-order valence-corrected chi connectivity index (χ3v) is 8.17. The summed E-state index contributed by atoms with van der Waals surface area (Å²) in [5, 5.41) is 4.35. The van der Waals surface area contributed by atoms with Gasteiger partial charge in [-0.15, -0.1) is 0 Å². The maximum Gasteiger partial charge on any atom is 0.262 e. The number of aromatic nitrogens is 2. The number of amides is 1. The molecule has 1 saturated heterocycles. The maximum atomic E-state index is 13.6. The Labute approximate surface area is 210 Å². The Morgan fingerprint density at radius 3 is 2.71 bits per heavy atom. The van der Waals surface area contributed by atoms with E-state index in [4.69, 9.17) is 9.72 Å². The van der Waals surface area contributed by atoms with E-state index >= 15 is 0 Å². The molecule has 0 spiro atoms. The fourth-order valence-electron chi connectivity index (χ4n) is 5.04. The van der Waals surface area contributed by atoms with Crippen LogP contribution in [0, 0.1) is 13.8 Å². The van der Waals surface area contributed by atoms with Gasteiger partial charge in [-0.3, -0.25) is 14.2 Å². The Morgan fingerprint density at radius 1 is 1.11 bits per heavy atom. The van der Waals surface area contributed by atoms with Crippen molar-refractivity contribution in [2.75, 3.05) is 6.61 Å². The van der Waals surface area contributed by atoms with E-state index < -0.39 is 0 Å². The first-order chi connectivity index (χ1) is 17.0. The van der Waals surface area contributed by atoms with Gasteiger partial charge in [0.1, 0.15) is 0 Å². The first kappa shape index (κ1) is 24.1. The number of carbonyl (C=O) groups is 1. The van der Waals surface area contributed by atoms with Gasteiger partial charge in [0.05, 0.1) is 23.6 Å². The van der Waals surface area contributed by atoms with Crippen LogP contribution in [0.4, 0.5) is 0 Å². The molecule has 0 bridgehead atoms. The predicted octanol–water partition coefficient (Wildman–Crippen LogP) is 5.16. The van der Waals surface area contributed by atoms with Gasteiger partial charge in [-0.25, -0.2) is 4.98 Å². The van der Waals surface area contributed by atoms with Crippen molar-refractivity contribution in [2.24, 2.45) is 0 Å². The Balaban J connectivity index is 1.48. The van der Waals surface area contributed by atoms with Crippen LogP contribution < -0.4 is 10.9 Å². The monoisotopic (exact) mass is 491 g/mol. The number of fused-ring (bicyclic) bond motifs is 1. The smallest absolute Gasteiger partial charge is 0.262 e. The van der Waals surface area contributed by atoms with Crippen molar-refractivity contribution in [1.82, 2.24) is 14.9 Å². The van der Waals surface area contributed by atoms with Crippen molar-refractivity contribution in [1.29, 1.82) is 0 Å². The summed E-state index contributed by atoms with van der Waals surface area (Å²) >= 11 is 1.57. The van der Waals surface area contributed by atoms with E-state index in [9.17, 15) is 9.59 Å². The minimum atomic E-state index is -0.0891. The van der Waals surface area contributed by atoms with E-state index in [0.717, 1.165) is 50.9 Å². The van der Waals surface area contributed by atoms with E-state index in [-0.39, 0.29) is 23.6 Å². The summed E-state index contributed by atoms with van der Waals surface area (Å²) in [5.41, 5.74) is 4.73. The molecule has 184 valence electrons. The number of rotatable bonds is 7. The lowest BCUT2D eigenvalue weighted by Gasteiger charge is -2.17. The van der Waals surface area contributed by atoms with Gasteiger partial charge in [0.2, 0.25) is 0 Å². The fourth-order valence-corrected chi connectivity index (χ4v) is 6.11. The van der Waals surface area contributed by atoms with E-state index in [1.165, 1.54) is 16.7 Å². The molecular formula is C28H33N3O3S. The number of aryl methyl sites for hydroxylation is 2. The molecule has 1 atom stereocenters. The number of hydrogen-bond acceptors (Lipinski definition) is 5. The highest BCUT2D eigenvalue weighted by molar-refractivity contribution is 7.98. The molecule has 6 nitrogen and oxygen atoms in total. The molecule has 3 aromatic rings. The van der Waals surface area contributed by atoms with Crippen LogP contribution in [0.5, 0.6) is 0 Å². The van der Waals surface area contributed by atoms with Crippen molar-refractivity contribution >= 4 is 28.6 Å². The van der Waals surface area contributed by atoms with Gasteiger partial charge in [0.15, 0.2) is 5.16 Å². The van der Waals surface area contributed by atoms with Crippen LogP contribution in [0.3, 0.4) is 0 Å². The second-order valence-corrected chi connectivity index (χ2v) is 10.8. The van der Waals surface area contributed by atoms with Crippen LogP contribution in [-0.2, 0) is 17.0 Å². The molecule has 1 unspecified atom stereocenters. The maximum absolute atomic E-state index is 13.6. The summed E-state index contributed by atoms with van der Waals surface area (Å²) in [4.78, 5) is 31.3. The molecule has 1 aliphatic heterocycles. The zero-order valence-electron chi connectivity index (χ0n) is 20.5. The molecule has 1 aromatic heterocycles. The zero-order valence-corrected chi connectivity index (χ0v) is 21.3. The number of nitrogens with zero attached hydrogens (tertiary/aromatic N) is 2. The van der Waals surface area contributed by atoms with E-state index in [1.807, 2.05) is 0 Å². The molecule has 7 heteroatoms. The quantitative estimate of drug-likeness (QED) is 0.365. The molecule has 1 aliphatic carbocycles. The number of benzene rings is 2. The Hall–Kier alpha value is -2.64. The van der Waals surface area contributed by atoms with Crippen LogP contribution in [0.25, 0.3) is 10.9 Å². The molecule has 2 fully saturated rings. The molecule has 35 heavy (non-hydrogen) atoms. The lowest BCUT2D eigenvalue weighted by Crippen LogP contribution is -2.32. The first-order valence-corrected chi connectivity index (χ1v) is 13.6. The number of nitrogens with one attached hydrogen (secondary N) is 1. The summed E-state index contributed by atoms with van der Waals surface area (Å²) in [7, 11) is 0. The molecule has 1 saturated carbocycles. The normalized spacial score (nSPS) is 18.4. The molecule has 1 amide bonds. The topological polar surface area (TPSA) is 73.2 Å². The van der Waals surface area contributed by atoms with Gasteiger partial charge >= 0.3 is 0 Å². The summed E-state index contributed by atoms with van der Waals surface area (Å²) in [6, 6.07) is 11.9. The Morgan fingerprint density at radius 2 is 1.94 bits per heavy atom. The highest BCUT2D eigenvalue weighted by Gasteiger charge is 2.22. The second kappa shape index (κ2) is 10.5. The van der Waals surface area contributed by atoms with Crippen molar-refractivity contribution in [3.05, 3.63) is 69.0 Å². The highest BCUT2D eigenvalue weighted by Crippen LogP contribution is 2.26. The molecule has 2 aromatic carbocycles. The Bertz CT molecular complexity index is 1290. The fraction of sp³-hybridized carbons (Fsp3) is 0.464. The average Bonchev–Trinajstić information content (AvgIpc) is 3.56. The van der Waals surface area contributed by atoms with Crippen LogP contribution in [0.15, 0.2) is 46.3 Å². The lowest BCUT2D eigenvalue weighted by molar-refractivity contribution is 0.0935. The molecule has 2 heterocycles. The summed E-state index contributed by atoms with van der Waals surface area (Å²) in [6.45, 7) is 5.44. The minimum Gasteiger partial charge on any atom is -0.376 e. The number of thioether (sulfide) groups is 1. The molecule has 5 rings (SSSR count). The second-order valence-electron chi connectivity index (χ2n) is 9.85. The van der Waals surface area contributed by atoms with Crippen LogP contribution >= 0.6 is 11.8 Å². The average molecular weight is 492 g/mol. The van der Waals surface area contributed by atoms with Gasteiger partial charge in [0, 0.05) is 24.0 Å². The van der Waals surface area contributed by atoms with Crippen LogP contribution in [0.1, 0.15) is 65.6 Å². The van der Waals surface area contributed by atoms with Crippen molar-refractivity contribution in [3.8, 4) is 0 Å². The molecule has 2 aliphatic rings. The lowest BCUT2D eigenvalue weighted by atomic mass is 10.1. The largest absolute Gasteiger partial charge is 0.376 e. The first-order valence-electron chi connectivity index (χ1n) is 12.6. The van der Waals surface area contributed by atoms with Crippen molar-refractivity contribution in [3.63, 3.8) is 0 Å². The summed E-state index contributed by atoms with van der Waals surface area (Å²) in [6.07, 6.45) is 6.39. The molecular weight excluding hydrogens is 458 g/mol.